The second-order valence-corrected chi connectivity index (χ2v) is 9.72. The topological polar surface area (TPSA) is 112 Å². The van der Waals surface area contributed by atoms with E-state index in [-0.39, 0.29) is 22.8 Å². The number of aromatic nitrogens is 1. The Labute approximate surface area is 175 Å². The standard InChI is InChI=1S/C19H18F4N4O3S/c1-10-16(24)27-18(2,9-31(10,29)30)13-7-12(4-5-14(13)20)26-17(28)15-6-3-11(8-25-15)19(21,22)23/h3-8,10H,9H2,1-2H3,(H2,24,27)(H,26,28)/t10-,18-/m0/s1. The molecule has 7 nitrogen and oxygen atoms in total. The van der Waals surface area contributed by atoms with Gasteiger partial charge in [-0.05, 0) is 44.2 Å². The number of pyridine rings is 1. The zero-order chi connectivity index (χ0) is 23.2. The number of amidine groups is 1. The summed E-state index contributed by atoms with van der Waals surface area (Å²) in [5.74, 6) is -2.34. The van der Waals surface area contributed by atoms with Crippen LogP contribution < -0.4 is 10.6 Å². The summed E-state index contributed by atoms with van der Waals surface area (Å²) < 4.78 is 77.2. The number of hydrogen-bond donors (Lipinski definition) is 3. The molecule has 0 spiro atoms. The van der Waals surface area contributed by atoms with Crippen LogP contribution in [0.2, 0.25) is 0 Å². The molecule has 1 aliphatic rings. The van der Waals surface area contributed by atoms with Gasteiger partial charge in [-0.2, -0.15) is 13.2 Å². The van der Waals surface area contributed by atoms with Gasteiger partial charge in [-0.25, -0.2) is 12.8 Å². The molecule has 1 aromatic heterocycles. The van der Waals surface area contributed by atoms with Gasteiger partial charge in [0.2, 0.25) is 0 Å². The number of amides is 1. The largest absolute Gasteiger partial charge is 0.417 e. The number of carbonyl (C=O) groups excluding carboxylic acids is 1. The van der Waals surface area contributed by atoms with Crippen molar-refractivity contribution in [1.29, 1.82) is 5.41 Å². The zero-order valence-corrected chi connectivity index (χ0v) is 17.2. The van der Waals surface area contributed by atoms with Crippen LogP contribution in [0.15, 0.2) is 36.5 Å². The minimum atomic E-state index is -4.60. The smallest absolute Gasteiger partial charge is 0.363 e. The molecule has 12 heteroatoms. The summed E-state index contributed by atoms with van der Waals surface area (Å²) in [4.78, 5) is 15.8. The fourth-order valence-corrected chi connectivity index (χ4v) is 4.90. The summed E-state index contributed by atoms with van der Waals surface area (Å²) in [5, 5.41) is 12.0. The maximum Gasteiger partial charge on any atom is 0.417 e. The average Bonchev–Trinajstić information content (AvgIpc) is 2.66. The van der Waals surface area contributed by atoms with Crippen LogP contribution in [0.25, 0.3) is 0 Å². The maximum atomic E-state index is 14.6. The highest BCUT2D eigenvalue weighted by Gasteiger charge is 2.44. The van der Waals surface area contributed by atoms with Crippen LogP contribution in [0, 0.1) is 11.2 Å². The normalized spacial score (nSPS) is 23.2. The van der Waals surface area contributed by atoms with Crippen molar-refractivity contribution in [2.24, 2.45) is 0 Å². The number of rotatable bonds is 3. The van der Waals surface area contributed by atoms with Crippen molar-refractivity contribution in [3.8, 4) is 0 Å². The highest BCUT2D eigenvalue weighted by Crippen LogP contribution is 2.32. The van der Waals surface area contributed by atoms with Gasteiger partial charge in [0.15, 0.2) is 9.84 Å². The third-order valence-electron chi connectivity index (χ3n) is 4.99. The van der Waals surface area contributed by atoms with Crippen molar-refractivity contribution < 1.29 is 30.8 Å². The van der Waals surface area contributed by atoms with E-state index >= 15 is 0 Å². The summed E-state index contributed by atoms with van der Waals surface area (Å²) in [6, 6.07) is 5.06. The predicted octanol–water partition coefficient (Wildman–Crippen LogP) is 3.09. The number of anilines is 1. The van der Waals surface area contributed by atoms with Gasteiger partial charge in [0, 0.05) is 17.4 Å². The molecular weight excluding hydrogens is 440 g/mol. The Balaban J connectivity index is 1.88. The molecule has 3 N–H and O–H groups in total. The zero-order valence-electron chi connectivity index (χ0n) is 16.3. The molecule has 3 rings (SSSR count). The van der Waals surface area contributed by atoms with Crippen LogP contribution in [0.3, 0.4) is 0 Å². The second kappa shape index (κ2) is 7.59. The van der Waals surface area contributed by atoms with Crippen LogP contribution in [-0.2, 0) is 21.6 Å². The van der Waals surface area contributed by atoms with Crippen molar-refractivity contribution >= 4 is 27.3 Å². The molecule has 0 bridgehead atoms. The molecule has 166 valence electrons. The van der Waals surface area contributed by atoms with Gasteiger partial charge in [-0.15, -0.1) is 0 Å². The third-order valence-corrected chi connectivity index (χ3v) is 7.28. The summed E-state index contributed by atoms with van der Waals surface area (Å²) >= 11 is 0. The minimum absolute atomic E-state index is 0.0775. The van der Waals surface area contributed by atoms with Gasteiger partial charge in [0.1, 0.15) is 22.6 Å². The number of carbonyl (C=O) groups is 1. The SMILES string of the molecule is C[C@H]1C(=N)N[C@](C)(c2cc(NC(=O)c3ccc(C(F)(F)F)cn3)ccc2F)CS1(=O)=O. The number of alkyl halides is 3. The fraction of sp³-hybridized carbons (Fsp3) is 0.316. The predicted molar refractivity (Wildman–Crippen MR) is 105 cm³/mol. The van der Waals surface area contributed by atoms with Gasteiger partial charge in [0.05, 0.1) is 16.9 Å². The molecule has 2 aromatic rings. The Morgan fingerprint density at radius 1 is 1.29 bits per heavy atom. The maximum absolute atomic E-state index is 14.6. The first-order valence-electron chi connectivity index (χ1n) is 8.96. The first kappa shape index (κ1) is 22.7. The molecule has 1 amide bonds. The molecule has 31 heavy (non-hydrogen) atoms. The van der Waals surface area contributed by atoms with E-state index in [1.807, 2.05) is 0 Å². The number of halogens is 4. The third kappa shape index (κ3) is 4.53. The van der Waals surface area contributed by atoms with E-state index in [0.717, 1.165) is 12.1 Å². The van der Waals surface area contributed by atoms with Gasteiger partial charge < -0.3 is 10.6 Å². The Kier molecular flexibility index (Phi) is 5.55. The lowest BCUT2D eigenvalue weighted by Crippen LogP contribution is -2.59. The number of sulfone groups is 1. The molecule has 1 aliphatic heterocycles. The molecular formula is C19H18F4N4O3S. The highest BCUT2D eigenvalue weighted by molar-refractivity contribution is 7.92. The molecule has 2 atom stereocenters. The van der Waals surface area contributed by atoms with E-state index < -0.39 is 49.8 Å². The van der Waals surface area contributed by atoms with E-state index in [4.69, 9.17) is 5.41 Å². The molecule has 1 saturated heterocycles. The van der Waals surface area contributed by atoms with Crippen molar-refractivity contribution in [2.75, 3.05) is 11.1 Å². The van der Waals surface area contributed by atoms with Crippen molar-refractivity contribution in [2.45, 2.75) is 30.8 Å². The molecule has 2 heterocycles. The lowest BCUT2D eigenvalue weighted by atomic mass is 9.92. The van der Waals surface area contributed by atoms with E-state index in [9.17, 15) is 30.8 Å². The van der Waals surface area contributed by atoms with Crippen LogP contribution in [0.5, 0.6) is 0 Å². The molecule has 0 aliphatic carbocycles. The number of benzene rings is 1. The minimum Gasteiger partial charge on any atom is -0.363 e. The molecule has 0 unspecified atom stereocenters. The summed E-state index contributed by atoms with van der Waals surface area (Å²) in [6.45, 7) is 2.78. The van der Waals surface area contributed by atoms with E-state index in [1.165, 1.54) is 26.0 Å². The van der Waals surface area contributed by atoms with E-state index in [0.29, 0.717) is 12.3 Å². The van der Waals surface area contributed by atoms with Crippen molar-refractivity contribution in [3.63, 3.8) is 0 Å². The number of hydrogen-bond acceptors (Lipinski definition) is 5. The van der Waals surface area contributed by atoms with Crippen molar-refractivity contribution in [3.05, 3.63) is 59.2 Å². The van der Waals surface area contributed by atoms with Crippen LogP contribution >= 0.6 is 0 Å². The molecule has 1 fully saturated rings. The van der Waals surface area contributed by atoms with Gasteiger partial charge in [-0.3, -0.25) is 15.2 Å². The van der Waals surface area contributed by atoms with E-state index in [1.54, 1.807) is 0 Å². The summed E-state index contributed by atoms with van der Waals surface area (Å²) in [5.41, 5.74) is -2.78. The lowest BCUT2D eigenvalue weighted by Gasteiger charge is -2.39. The van der Waals surface area contributed by atoms with Gasteiger partial charge >= 0.3 is 6.18 Å². The monoisotopic (exact) mass is 458 g/mol. The van der Waals surface area contributed by atoms with Crippen LogP contribution in [0.4, 0.5) is 23.2 Å². The number of nitrogens with zero attached hydrogens (tertiary/aromatic N) is 1. The summed E-state index contributed by atoms with van der Waals surface area (Å²) in [6.07, 6.45) is -4.07. The first-order chi connectivity index (χ1) is 14.2. The van der Waals surface area contributed by atoms with E-state index in [2.05, 4.69) is 15.6 Å². The number of nitrogens with one attached hydrogen (secondary N) is 3. The Hall–Kier alpha value is -3.02. The Morgan fingerprint density at radius 3 is 2.52 bits per heavy atom. The van der Waals surface area contributed by atoms with Crippen LogP contribution in [-0.4, -0.2) is 36.1 Å². The van der Waals surface area contributed by atoms with Gasteiger partial charge in [0.25, 0.3) is 5.91 Å². The van der Waals surface area contributed by atoms with Crippen LogP contribution in [0.1, 0.15) is 35.5 Å². The Bertz CT molecular complexity index is 1150. The lowest BCUT2D eigenvalue weighted by molar-refractivity contribution is -0.137. The molecule has 1 aromatic carbocycles. The first-order valence-corrected chi connectivity index (χ1v) is 10.7. The quantitative estimate of drug-likeness (QED) is 0.612. The van der Waals surface area contributed by atoms with Crippen molar-refractivity contribution in [1.82, 2.24) is 10.3 Å². The molecule has 0 radical (unpaired) electrons. The Morgan fingerprint density at radius 2 is 1.97 bits per heavy atom. The highest BCUT2D eigenvalue weighted by atomic mass is 32.2. The molecule has 0 saturated carbocycles. The fourth-order valence-electron chi connectivity index (χ4n) is 3.20. The average molecular weight is 458 g/mol. The van der Waals surface area contributed by atoms with Gasteiger partial charge in [-0.1, -0.05) is 0 Å². The summed E-state index contributed by atoms with van der Waals surface area (Å²) in [7, 11) is -3.72. The second-order valence-electron chi connectivity index (χ2n) is 7.40.